The van der Waals surface area contributed by atoms with E-state index in [4.69, 9.17) is 9.15 Å². The average Bonchev–Trinajstić information content (AvgIpc) is 3.14. The normalized spacial score (nSPS) is 11.9. The van der Waals surface area contributed by atoms with Crippen LogP contribution in [0.25, 0.3) is 11.0 Å². The highest BCUT2D eigenvalue weighted by molar-refractivity contribution is 6.17. The standard InChI is InChI=1S/C26H22FNO4/c1-15-8-13-20(14-16(15)2)31-17(3)26(30)28-23-21-6-4-5-7-22(21)32-25(23)24(29)18-9-11-19(27)12-10-18/h4-14,17H,1-3H3,(H,28,30). The van der Waals surface area contributed by atoms with Gasteiger partial charge >= 0.3 is 0 Å². The van der Waals surface area contributed by atoms with Crippen LogP contribution >= 0.6 is 0 Å². The second-order valence-electron chi connectivity index (χ2n) is 7.63. The molecule has 1 heterocycles. The number of halogens is 1. The lowest BCUT2D eigenvalue weighted by atomic mass is 10.1. The lowest BCUT2D eigenvalue weighted by molar-refractivity contribution is -0.122. The maximum Gasteiger partial charge on any atom is 0.265 e. The molecule has 0 saturated carbocycles. The van der Waals surface area contributed by atoms with Gasteiger partial charge in [0.2, 0.25) is 5.78 Å². The molecule has 162 valence electrons. The third-order valence-corrected chi connectivity index (χ3v) is 5.32. The summed E-state index contributed by atoms with van der Waals surface area (Å²) in [6.07, 6.45) is -0.820. The maximum atomic E-state index is 13.3. The Labute approximate surface area is 184 Å². The summed E-state index contributed by atoms with van der Waals surface area (Å²) in [5.74, 6) is -0.779. The zero-order valence-electron chi connectivity index (χ0n) is 17.9. The monoisotopic (exact) mass is 431 g/mol. The van der Waals surface area contributed by atoms with Gasteiger partial charge in [0.15, 0.2) is 11.9 Å². The molecule has 4 aromatic rings. The summed E-state index contributed by atoms with van der Waals surface area (Å²) in [4.78, 5) is 26.0. The molecule has 1 aromatic heterocycles. The predicted octanol–water partition coefficient (Wildman–Crippen LogP) is 5.83. The molecule has 32 heavy (non-hydrogen) atoms. The van der Waals surface area contributed by atoms with Crippen molar-refractivity contribution in [3.05, 3.63) is 95.0 Å². The fourth-order valence-electron chi connectivity index (χ4n) is 3.33. The number of ketones is 1. The topological polar surface area (TPSA) is 68.5 Å². The van der Waals surface area contributed by atoms with Gasteiger partial charge in [0.1, 0.15) is 17.1 Å². The molecule has 0 aliphatic rings. The smallest absolute Gasteiger partial charge is 0.265 e. The van der Waals surface area contributed by atoms with Gasteiger partial charge in [0.05, 0.1) is 5.69 Å². The van der Waals surface area contributed by atoms with Crippen molar-refractivity contribution in [1.29, 1.82) is 0 Å². The maximum absolute atomic E-state index is 13.3. The minimum Gasteiger partial charge on any atom is -0.481 e. The van der Waals surface area contributed by atoms with Gasteiger partial charge in [-0.25, -0.2) is 4.39 Å². The van der Waals surface area contributed by atoms with Gasteiger partial charge in [-0.3, -0.25) is 9.59 Å². The molecule has 0 aliphatic heterocycles. The van der Waals surface area contributed by atoms with Gasteiger partial charge in [-0.05, 0) is 80.4 Å². The van der Waals surface area contributed by atoms with E-state index in [1.807, 2.05) is 32.0 Å². The highest BCUT2D eigenvalue weighted by atomic mass is 19.1. The van der Waals surface area contributed by atoms with Gasteiger partial charge in [0, 0.05) is 10.9 Å². The first-order valence-electron chi connectivity index (χ1n) is 10.2. The Morgan fingerprint density at radius 1 is 0.969 bits per heavy atom. The third-order valence-electron chi connectivity index (χ3n) is 5.32. The second kappa shape index (κ2) is 8.67. The summed E-state index contributed by atoms with van der Waals surface area (Å²) in [7, 11) is 0. The number of benzene rings is 3. The Kier molecular flexibility index (Phi) is 5.77. The highest BCUT2D eigenvalue weighted by Gasteiger charge is 2.25. The molecule has 0 bridgehead atoms. The van der Waals surface area contributed by atoms with Crippen LogP contribution < -0.4 is 10.1 Å². The molecular weight excluding hydrogens is 409 g/mol. The zero-order chi connectivity index (χ0) is 22.8. The largest absolute Gasteiger partial charge is 0.481 e. The summed E-state index contributed by atoms with van der Waals surface area (Å²) in [5, 5.41) is 3.38. The minimum atomic E-state index is -0.820. The Bertz CT molecular complexity index is 1310. The number of amides is 1. The molecule has 0 saturated heterocycles. The van der Waals surface area contributed by atoms with Crippen molar-refractivity contribution in [1.82, 2.24) is 0 Å². The molecule has 0 aliphatic carbocycles. The number of carbonyl (C=O) groups excluding carboxylic acids is 2. The van der Waals surface area contributed by atoms with Crippen LogP contribution in [0, 0.1) is 19.7 Å². The van der Waals surface area contributed by atoms with Crippen molar-refractivity contribution in [2.75, 3.05) is 5.32 Å². The number of hydrogen-bond acceptors (Lipinski definition) is 4. The van der Waals surface area contributed by atoms with E-state index in [9.17, 15) is 14.0 Å². The van der Waals surface area contributed by atoms with Crippen LogP contribution in [0.4, 0.5) is 10.1 Å². The number of aryl methyl sites for hydroxylation is 2. The minimum absolute atomic E-state index is 0.0236. The summed E-state index contributed by atoms with van der Waals surface area (Å²) in [6, 6.07) is 17.8. The third kappa shape index (κ3) is 4.25. The van der Waals surface area contributed by atoms with Crippen molar-refractivity contribution in [2.24, 2.45) is 0 Å². The van der Waals surface area contributed by atoms with Gasteiger partial charge in [-0.1, -0.05) is 18.2 Å². The molecule has 1 atom stereocenters. The van der Waals surface area contributed by atoms with E-state index >= 15 is 0 Å². The number of carbonyl (C=O) groups is 2. The van der Waals surface area contributed by atoms with Crippen molar-refractivity contribution < 1.29 is 23.1 Å². The van der Waals surface area contributed by atoms with E-state index in [1.54, 1.807) is 31.2 Å². The molecule has 1 N–H and O–H groups in total. The lowest BCUT2D eigenvalue weighted by Gasteiger charge is -2.15. The van der Waals surface area contributed by atoms with E-state index in [-0.39, 0.29) is 17.0 Å². The number of para-hydroxylation sites is 1. The van der Waals surface area contributed by atoms with Crippen LogP contribution in [0.5, 0.6) is 5.75 Å². The lowest BCUT2D eigenvalue weighted by Crippen LogP contribution is -2.30. The Hall–Kier alpha value is -3.93. The fraction of sp³-hybridized carbons (Fsp3) is 0.154. The van der Waals surface area contributed by atoms with Crippen LogP contribution in [0.1, 0.15) is 34.2 Å². The van der Waals surface area contributed by atoms with Crippen LogP contribution in [0.3, 0.4) is 0 Å². The van der Waals surface area contributed by atoms with E-state index < -0.39 is 23.6 Å². The van der Waals surface area contributed by atoms with E-state index in [1.165, 1.54) is 24.3 Å². The first-order valence-corrected chi connectivity index (χ1v) is 10.2. The molecule has 6 heteroatoms. The number of nitrogens with one attached hydrogen (secondary N) is 1. The molecule has 0 radical (unpaired) electrons. The summed E-state index contributed by atoms with van der Waals surface area (Å²) >= 11 is 0. The molecule has 5 nitrogen and oxygen atoms in total. The predicted molar refractivity (Wildman–Crippen MR) is 121 cm³/mol. The van der Waals surface area contributed by atoms with Crippen LogP contribution in [-0.4, -0.2) is 17.8 Å². The molecule has 1 unspecified atom stereocenters. The van der Waals surface area contributed by atoms with Crippen molar-refractivity contribution in [2.45, 2.75) is 26.9 Å². The number of furan rings is 1. The molecule has 1 amide bonds. The molecule has 0 spiro atoms. The quantitative estimate of drug-likeness (QED) is 0.390. The van der Waals surface area contributed by atoms with Crippen molar-refractivity contribution in [3.63, 3.8) is 0 Å². The Balaban J connectivity index is 1.63. The van der Waals surface area contributed by atoms with Crippen molar-refractivity contribution in [3.8, 4) is 5.75 Å². The summed E-state index contributed by atoms with van der Waals surface area (Å²) in [5.41, 5.74) is 3.15. The number of ether oxygens (including phenoxy) is 1. The Morgan fingerprint density at radius 2 is 1.69 bits per heavy atom. The highest BCUT2D eigenvalue weighted by Crippen LogP contribution is 2.33. The van der Waals surface area contributed by atoms with Crippen molar-refractivity contribution >= 4 is 28.3 Å². The molecular formula is C26H22FNO4. The number of anilines is 1. The van der Waals surface area contributed by atoms with E-state index in [2.05, 4.69) is 5.32 Å². The van der Waals surface area contributed by atoms with Crippen LogP contribution in [0.2, 0.25) is 0 Å². The molecule has 3 aromatic carbocycles. The molecule has 0 fully saturated rings. The average molecular weight is 431 g/mol. The van der Waals surface area contributed by atoms with Gasteiger partial charge in [-0.15, -0.1) is 0 Å². The van der Waals surface area contributed by atoms with E-state index in [0.29, 0.717) is 16.7 Å². The fourth-order valence-corrected chi connectivity index (χ4v) is 3.33. The summed E-state index contributed by atoms with van der Waals surface area (Å²) in [6.45, 7) is 5.60. The first-order chi connectivity index (χ1) is 15.3. The zero-order valence-corrected chi connectivity index (χ0v) is 17.9. The van der Waals surface area contributed by atoms with E-state index in [0.717, 1.165) is 11.1 Å². The van der Waals surface area contributed by atoms with Crippen LogP contribution in [0.15, 0.2) is 71.1 Å². The van der Waals surface area contributed by atoms with Gasteiger partial charge in [0.25, 0.3) is 5.91 Å². The first kappa shape index (κ1) is 21.3. The molecule has 4 rings (SSSR count). The summed E-state index contributed by atoms with van der Waals surface area (Å²) < 4.78 is 24.9. The number of hydrogen-bond donors (Lipinski definition) is 1. The second-order valence-corrected chi connectivity index (χ2v) is 7.63. The van der Waals surface area contributed by atoms with Gasteiger partial charge < -0.3 is 14.5 Å². The number of fused-ring (bicyclic) bond motifs is 1. The SMILES string of the molecule is Cc1ccc(OC(C)C(=O)Nc2c(C(=O)c3ccc(F)cc3)oc3ccccc23)cc1C. The van der Waals surface area contributed by atoms with Crippen LogP contribution in [-0.2, 0) is 4.79 Å². The van der Waals surface area contributed by atoms with Gasteiger partial charge in [-0.2, -0.15) is 0 Å². The number of rotatable bonds is 6. The Morgan fingerprint density at radius 3 is 2.41 bits per heavy atom.